The normalized spacial score (nSPS) is 13.6. The van der Waals surface area contributed by atoms with Crippen molar-refractivity contribution >= 4 is 17.9 Å². The first kappa shape index (κ1) is 64.2. The maximum Gasteiger partial charge on any atom is 0.362 e. The van der Waals surface area contributed by atoms with Crippen LogP contribution in [0, 0.1) is 0 Å². The number of rotatable bonds is 48. The Morgan fingerprint density at radius 2 is 0.824 bits per heavy atom. The molecule has 0 aromatic carbocycles. The van der Waals surface area contributed by atoms with Crippen molar-refractivity contribution in [3.8, 4) is 0 Å². The number of quaternary nitrogens is 1. The molecule has 388 valence electrons. The number of nitrogens with zero attached hydrogens (tertiary/aromatic N) is 1. The van der Waals surface area contributed by atoms with Crippen LogP contribution in [0.3, 0.4) is 0 Å². The van der Waals surface area contributed by atoms with Crippen molar-refractivity contribution in [2.24, 2.45) is 0 Å². The second-order valence-electron chi connectivity index (χ2n) is 19.1. The maximum atomic E-state index is 12.8. The largest absolute Gasteiger partial charge is 0.477 e. The van der Waals surface area contributed by atoms with Gasteiger partial charge in [-0.2, -0.15) is 0 Å². The van der Waals surface area contributed by atoms with Crippen LogP contribution in [0.5, 0.6) is 0 Å². The van der Waals surface area contributed by atoms with Crippen molar-refractivity contribution in [1.29, 1.82) is 0 Å². The quantitative estimate of drug-likeness (QED) is 0.0281. The fourth-order valence-electron chi connectivity index (χ4n) is 7.54. The molecule has 8 nitrogen and oxygen atoms in total. The minimum Gasteiger partial charge on any atom is -0.477 e. The molecule has 0 bridgehead atoms. The van der Waals surface area contributed by atoms with E-state index in [1.54, 1.807) is 0 Å². The Morgan fingerprint density at radius 1 is 0.456 bits per heavy atom. The van der Waals surface area contributed by atoms with Gasteiger partial charge in [-0.05, 0) is 96.3 Å². The zero-order valence-electron chi connectivity index (χ0n) is 44.3. The van der Waals surface area contributed by atoms with E-state index in [1.165, 1.54) is 89.9 Å². The molecule has 0 heterocycles. The van der Waals surface area contributed by atoms with Gasteiger partial charge >= 0.3 is 17.9 Å². The fourth-order valence-corrected chi connectivity index (χ4v) is 7.54. The summed E-state index contributed by atoms with van der Waals surface area (Å²) in [7, 11) is 5.51. The molecule has 0 aromatic rings. The Morgan fingerprint density at radius 3 is 1.25 bits per heavy atom. The summed E-state index contributed by atoms with van der Waals surface area (Å²) in [6, 6.07) is -0.631. The monoisotopic (exact) mass is 949 g/mol. The Hall–Kier alpha value is -3.75. The molecular formula is C60H102NO7+. The van der Waals surface area contributed by atoms with Gasteiger partial charge in [0.15, 0.2) is 12.1 Å². The number of hydrogen-bond donors (Lipinski definition) is 1. The predicted octanol–water partition coefficient (Wildman–Crippen LogP) is 16.2. The van der Waals surface area contributed by atoms with Gasteiger partial charge in [-0.1, -0.05) is 195 Å². The lowest BCUT2D eigenvalue weighted by atomic mass is 10.1. The van der Waals surface area contributed by atoms with Crippen molar-refractivity contribution in [3.05, 3.63) is 97.2 Å². The highest BCUT2D eigenvalue weighted by Gasteiger charge is 2.31. The summed E-state index contributed by atoms with van der Waals surface area (Å²) < 4.78 is 17.3. The van der Waals surface area contributed by atoms with E-state index in [-0.39, 0.29) is 42.7 Å². The van der Waals surface area contributed by atoms with Crippen LogP contribution in [0.1, 0.15) is 213 Å². The molecule has 8 heteroatoms. The second-order valence-corrected chi connectivity index (χ2v) is 19.1. The minimum atomic E-state index is -0.886. The van der Waals surface area contributed by atoms with Crippen molar-refractivity contribution in [3.63, 3.8) is 0 Å². The van der Waals surface area contributed by atoms with Crippen molar-refractivity contribution < 1.29 is 38.2 Å². The van der Waals surface area contributed by atoms with Crippen LogP contribution in [0.15, 0.2) is 97.2 Å². The molecule has 0 amide bonds. The summed E-state index contributed by atoms with van der Waals surface area (Å²) in [6.07, 6.45) is 67.5. The van der Waals surface area contributed by atoms with Gasteiger partial charge in [0.05, 0.1) is 34.4 Å². The fraction of sp³-hybridized carbons (Fsp3) is 0.683. The Kier molecular flexibility index (Phi) is 46.9. The average Bonchev–Trinajstić information content (AvgIpc) is 3.30. The van der Waals surface area contributed by atoms with Crippen LogP contribution in [-0.4, -0.2) is 80.6 Å². The van der Waals surface area contributed by atoms with Crippen molar-refractivity contribution in [1.82, 2.24) is 0 Å². The summed E-state index contributed by atoms with van der Waals surface area (Å²) in [5, 5.41) is 9.67. The van der Waals surface area contributed by atoms with Crippen LogP contribution in [-0.2, 0) is 28.6 Å². The van der Waals surface area contributed by atoms with Gasteiger partial charge in [0.2, 0.25) is 0 Å². The van der Waals surface area contributed by atoms with E-state index < -0.39 is 18.1 Å². The lowest BCUT2D eigenvalue weighted by molar-refractivity contribution is -0.887. The number of hydrogen-bond acceptors (Lipinski definition) is 6. The van der Waals surface area contributed by atoms with Gasteiger partial charge in [0.25, 0.3) is 0 Å². The minimum absolute atomic E-state index is 0.0350. The third-order valence-electron chi connectivity index (χ3n) is 11.7. The molecule has 0 aromatic heterocycles. The number of carbonyl (C=O) groups excluding carboxylic acids is 2. The van der Waals surface area contributed by atoms with Gasteiger partial charge in [-0.25, -0.2) is 4.79 Å². The SMILES string of the molecule is CC/C=C/C/C=C/C/C=C/C/C=C/C/C=C/C/C=C/CCCCC(=O)OC(COCCC(C(=O)O)[N+](C)(C)C)COC(=O)CCCCCCCCC/C=C/C/C=C/CCCCCCCCCCC. The third-order valence-corrected chi connectivity index (χ3v) is 11.7. The number of allylic oxidation sites excluding steroid dienone is 16. The van der Waals surface area contributed by atoms with Crippen LogP contribution < -0.4 is 0 Å². The van der Waals surface area contributed by atoms with Crippen molar-refractivity contribution in [2.45, 2.75) is 225 Å². The summed E-state index contributed by atoms with van der Waals surface area (Å²) in [5.41, 5.74) is 0. The molecule has 0 aliphatic rings. The van der Waals surface area contributed by atoms with E-state index in [0.717, 1.165) is 83.5 Å². The van der Waals surface area contributed by atoms with Crippen LogP contribution in [0.2, 0.25) is 0 Å². The van der Waals surface area contributed by atoms with Crippen LogP contribution in [0.4, 0.5) is 0 Å². The molecule has 0 saturated heterocycles. The van der Waals surface area contributed by atoms with Crippen LogP contribution >= 0.6 is 0 Å². The zero-order valence-corrected chi connectivity index (χ0v) is 44.3. The number of likely N-dealkylation sites (N-methyl/N-ethyl adjacent to an activating group) is 1. The Balaban J connectivity index is 4.32. The lowest BCUT2D eigenvalue weighted by Gasteiger charge is -2.31. The average molecular weight is 949 g/mol. The number of carboxylic acids is 1. The second kappa shape index (κ2) is 49.7. The number of carboxylic acid groups (broad SMARTS) is 1. The molecule has 2 atom stereocenters. The number of unbranched alkanes of at least 4 members (excludes halogenated alkanes) is 18. The molecule has 0 saturated carbocycles. The first-order valence-corrected chi connectivity index (χ1v) is 27.3. The summed E-state index contributed by atoms with van der Waals surface area (Å²) in [4.78, 5) is 37.2. The molecule has 0 rings (SSSR count). The third kappa shape index (κ3) is 47.3. The molecule has 0 fully saturated rings. The lowest BCUT2D eigenvalue weighted by Crippen LogP contribution is -2.50. The van der Waals surface area contributed by atoms with Gasteiger partial charge in [0, 0.05) is 19.3 Å². The maximum absolute atomic E-state index is 12.8. The topological polar surface area (TPSA) is 99.1 Å². The van der Waals surface area contributed by atoms with Gasteiger partial charge in [-0.3, -0.25) is 9.59 Å². The first-order chi connectivity index (χ1) is 33.1. The summed E-state index contributed by atoms with van der Waals surface area (Å²) >= 11 is 0. The number of ether oxygens (including phenoxy) is 3. The predicted molar refractivity (Wildman–Crippen MR) is 289 cm³/mol. The smallest absolute Gasteiger partial charge is 0.362 e. The molecule has 0 radical (unpaired) electrons. The van der Waals surface area contributed by atoms with Gasteiger partial charge < -0.3 is 23.8 Å². The van der Waals surface area contributed by atoms with Gasteiger partial charge in [-0.15, -0.1) is 0 Å². The summed E-state index contributed by atoms with van der Waals surface area (Å²) in [5.74, 6) is -1.54. The number of carbonyl (C=O) groups is 3. The first-order valence-electron chi connectivity index (χ1n) is 27.3. The highest BCUT2D eigenvalue weighted by Crippen LogP contribution is 2.14. The van der Waals surface area contributed by atoms with Gasteiger partial charge in [0.1, 0.15) is 6.61 Å². The van der Waals surface area contributed by atoms with Crippen LogP contribution in [0.25, 0.3) is 0 Å². The van der Waals surface area contributed by atoms with E-state index in [0.29, 0.717) is 19.3 Å². The highest BCUT2D eigenvalue weighted by atomic mass is 16.6. The zero-order chi connectivity index (χ0) is 49.9. The van der Waals surface area contributed by atoms with E-state index in [9.17, 15) is 19.5 Å². The molecule has 0 aliphatic heterocycles. The molecular weight excluding hydrogens is 847 g/mol. The molecule has 1 N–H and O–H groups in total. The van der Waals surface area contributed by atoms with E-state index in [4.69, 9.17) is 14.2 Å². The standard InChI is InChI=1S/C60H101NO7/c1-6-8-10-12-14-16-18-20-22-24-26-28-29-31-32-34-36-38-40-42-44-46-48-50-58(62)67-55-56(54-66-53-52-57(60(64)65)61(3,4)5)68-59(63)51-49-47-45-43-41-39-37-35-33-30-27-25-23-21-19-17-15-13-11-9-7-2/h9,11,15,17,21,23,26-28,30-32,35,37,41,43,56-57H,6-8,10,12-14,16,18-20,22,24-25,29,33-34,36,38-40,42,44-55H2,1-5H3/p+1/b11-9+,17-15+,23-21+,28-26+,30-27+,32-31+,37-35+,43-41+. The summed E-state index contributed by atoms with van der Waals surface area (Å²) in [6.45, 7) is 4.57. The highest BCUT2D eigenvalue weighted by molar-refractivity contribution is 5.72. The number of esters is 2. The Bertz CT molecular complexity index is 1430. The van der Waals surface area contributed by atoms with Crippen molar-refractivity contribution in [2.75, 3.05) is 41.0 Å². The molecule has 68 heavy (non-hydrogen) atoms. The van der Waals surface area contributed by atoms with E-state index >= 15 is 0 Å². The molecule has 0 aliphatic carbocycles. The van der Waals surface area contributed by atoms with E-state index in [2.05, 4.69) is 111 Å². The number of aliphatic carboxylic acids is 1. The Labute approximate surface area is 417 Å². The molecule has 0 spiro atoms. The molecule has 2 unspecified atom stereocenters. The van der Waals surface area contributed by atoms with E-state index in [1.807, 2.05) is 21.1 Å².